The number of ether oxygens (including phenoxy) is 1. The lowest BCUT2D eigenvalue weighted by atomic mass is 10.0. The van der Waals surface area contributed by atoms with Gasteiger partial charge in [-0.3, -0.25) is 4.79 Å². The molecular formula is C19H16BrNO3. The summed E-state index contributed by atoms with van der Waals surface area (Å²) in [5.74, 6) is -0.675. The third kappa shape index (κ3) is 2.87. The lowest BCUT2D eigenvalue weighted by Crippen LogP contribution is -2.26. The Kier molecular flexibility index (Phi) is 4.81. The minimum atomic E-state index is -0.494. The first-order valence-electron chi connectivity index (χ1n) is 7.50. The van der Waals surface area contributed by atoms with Gasteiger partial charge in [-0.15, -0.1) is 0 Å². The van der Waals surface area contributed by atoms with Crippen molar-refractivity contribution in [2.45, 2.75) is 6.54 Å². The number of para-hydroxylation sites is 1. The van der Waals surface area contributed by atoms with Crippen LogP contribution in [0.4, 0.5) is 5.69 Å². The molecule has 2 aromatic carbocycles. The SMILES string of the molecule is COC(=O)/C(CBr)=C1/C(=O)N(Cc2ccccc2)c2ccccc21. The van der Waals surface area contributed by atoms with Crippen LogP contribution in [0.25, 0.3) is 5.57 Å². The van der Waals surface area contributed by atoms with Gasteiger partial charge in [-0.2, -0.15) is 0 Å². The predicted octanol–water partition coefficient (Wildman–Crippen LogP) is 3.55. The van der Waals surface area contributed by atoms with Crippen LogP contribution in [-0.4, -0.2) is 24.3 Å². The highest BCUT2D eigenvalue weighted by Crippen LogP contribution is 2.39. The van der Waals surface area contributed by atoms with Gasteiger partial charge < -0.3 is 9.64 Å². The quantitative estimate of drug-likeness (QED) is 0.459. The Hall–Kier alpha value is -2.40. The molecule has 3 rings (SSSR count). The summed E-state index contributed by atoms with van der Waals surface area (Å²) in [7, 11) is 1.32. The minimum absolute atomic E-state index is 0.181. The average molecular weight is 386 g/mol. The summed E-state index contributed by atoms with van der Waals surface area (Å²) in [4.78, 5) is 26.8. The highest BCUT2D eigenvalue weighted by molar-refractivity contribution is 9.09. The first kappa shape index (κ1) is 16.5. The summed E-state index contributed by atoms with van der Waals surface area (Å²) in [6.07, 6.45) is 0. The van der Waals surface area contributed by atoms with Crippen LogP contribution in [0.3, 0.4) is 0 Å². The van der Waals surface area contributed by atoms with Crippen LogP contribution in [0, 0.1) is 0 Å². The molecule has 1 amide bonds. The van der Waals surface area contributed by atoms with Crippen molar-refractivity contribution < 1.29 is 14.3 Å². The van der Waals surface area contributed by atoms with E-state index in [4.69, 9.17) is 4.74 Å². The van der Waals surface area contributed by atoms with Crippen molar-refractivity contribution in [1.29, 1.82) is 0 Å². The summed E-state index contributed by atoms with van der Waals surface area (Å²) in [6.45, 7) is 0.455. The number of fused-ring (bicyclic) bond motifs is 1. The maximum absolute atomic E-state index is 13.0. The first-order valence-corrected chi connectivity index (χ1v) is 8.62. The van der Waals surface area contributed by atoms with E-state index in [0.29, 0.717) is 17.7 Å². The molecule has 2 aromatic rings. The second-order valence-electron chi connectivity index (χ2n) is 5.37. The number of amides is 1. The van der Waals surface area contributed by atoms with E-state index in [0.717, 1.165) is 16.8 Å². The first-order chi connectivity index (χ1) is 11.7. The molecule has 0 spiro atoms. The topological polar surface area (TPSA) is 46.6 Å². The van der Waals surface area contributed by atoms with Crippen molar-refractivity contribution >= 4 is 39.1 Å². The van der Waals surface area contributed by atoms with Gasteiger partial charge in [0, 0.05) is 10.9 Å². The Morgan fingerprint density at radius 2 is 1.75 bits per heavy atom. The normalized spacial score (nSPS) is 15.2. The lowest BCUT2D eigenvalue weighted by molar-refractivity contribution is -0.136. The molecule has 0 N–H and O–H groups in total. The Morgan fingerprint density at radius 3 is 2.42 bits per heavy atom. The Bertz CT molecular complexity index is 814. The van der Waals surface area contributed by atoms with Crippen LogP contribution < -0.4 is 4.90 Å². The average Bonchev–Trinajstić information content (AvgIpc) is 2.89. The van der Waals surface area contributed by atoms with Gasteiger partial charge in [-0.05, 0) is 11.6 Å². The molecule has 0 saturated heterocycles. The minimum Gasteiger partial charge on any atom is -0.466 e. The van der Waals surface area contributed by atoms with E-state index in [1.54, 1.807) is 4.90 Å². The molecule has 5 heteroatoms. The molecule has 0 saturated carbocycles. The van der Waals surface area contributed by atoms with Gasteiger partial charge in [0.05, 0.1) is 30.5 Å². The molecule has 0 aliphatic carbocycles. The smallest absolute Gasteiger partial charge is 0.335 e. The van der Waals surface area contributed by atoms with Gasteiger partial charge >= 0.3 is 5.97 Å². The van der Waals surface area contributed by atoms with Crippen molar-refractivity contribution in [1.82, 2.24) is 0 Å². The third-order valence-electron chi connectivity index (χ3n) is 3.97. The van der Waals surface area contributed by atoms with Crippen LogP contribution in [0.2, 0.25) is 0 Å². The van der Waals surface area contributed by atoms with Crippen molar-refractivity contribution in [2.75, 3.05) is 17.3 Å². The number of esters is 1. The van der Waals surface area contributed by atoms with Crippen molar-refractivity contribution in [3.63, 3.8) is 0 Å². The number of halogens is 1. The second-order valence-corrected chi connectivity index (χ2v) is 5.93. The van der Waals surface area contributed by atoms with E-state index >= 15 is 0 Å². The molecular weight excluding hydrogens is 370 g/mol. The Balaban J connectivity index is 2.10. The summed E-state index contributed by atoms with van der Waals surface area (Å²) in [5.41, 5.74) is 3.35. The fourth-order valence-corrected chi connectivity index (χ4v) is 3.35. The van der Waals surface area contributed by atoms with Gasteiger partial charge in [-0.25, -0.2) is 4.79 Å². The maximum atomic E-state index is 13.0. The third-order valence-corrected chi connectivity index (χ3v) is 4.53. The Labute approximate surface area is 148 Å². The summed E-state index contributed by atoms with van der Waals surface area (Å²) < 4.78 is 4.83. The largest absolute Gasteiger partial charge is 0.466 e. The van der Waals surface area contributed by atoms with Crippen LogP contribution in [-0.2, 0) is 20.9 Å². The fourth-order valence-electron chi connectivity index (χ4n) is 2.84. The number of methoxy groups -OCH3 is 1. The summed E-state index contributed by atoms with van der Waals surface area (Å²) in [5, 5.41) is 0.258. The zero-order valence-corrected chi connectivity index (χ0v) is 14.7. The number of alkyl halides is 1. The number of hydrogen-bond acceptors (Lipinski definition) is 3. The van der Waals surface area contributed by atoms with E-state index < -0.39 is 5.97 Å². The molecule has 24 heavy (non-hydrogen) atoms. The van der Waals surface area contributed by atoms with Crippen LogP contribution in [0.1, 0.15) is 11.1 Å². The zero-order chi connectivity index (χ0) is 17.1. The molecule has 0 fully saturated rings. The number of anilines is 1. The lowest BCUT2D eigenvalue weighted by Gasteiger charge is -2.17. The van der Waals surface area contributed by atoms with E-state index in [-0.39, 0.29) is 11.2 Å². The maximum Gasteiger partial charge on any atom is 0.335 e. The van der Waals surface area contributed by atoms with Gasteiger partial charge in [0.1, 0.15) is 0 Å². The molecule has 4 nitrogen and oxygen atoms in total. The van der Waals surface area contributed by atoms with Crippen molar-refractivity contribution in [3.05, 3.63) is 71.3 Å². The standard InChI is InChI=1S/C19H16BrNO3/c1-24-19(23)15(11-20)17-14-9-5-6-10-16(14)21(18(17)22)12-13-7-3-2-4-8-13/h2-10H,11-12H2,1H3/b17-15+. The molecule has 1 heterocycles. The highest BCUT2D eigenvalue weighted by atomic mass is 79.9. The zero-order valence-electron chi connectivity index (χ0n) is 13.2. The van der Waals surface area contributed by atoms with E-state index in [2.05, 4.69) is 15.9 Å². The van der Waals surface area contributed by atoms with Crippen molar-refractivity contribution in [2.24, 2.45) is 0 Å². The molecule has 0 radical (unpaired) electrons. The van der Waals surface area contributed by atoms with Gasteiger partial charge in [0.15, 0.2) is 0 Å². The van der Waals surface area contributed by atoms with Crippen molar-refractivity contribution in [3.8, 4) is 0 Å². The van der Waals surface area contributed by atoms with E-state index in [9.17, 15) is 9.59 Å². The number of nitrogens with zero attached hydrogens (tertiary/aromatic N) is 1. The number of carbonyl (C=O) groups is 2. The van der Waals surface area contributed by atoms with Gasteiger partial charge in [0.2, 0.25) is 0 Å². The molecule has 122 valence electrons. The summed E-state index contributed by atoms with van der Waals surface area (Å²) >= 11 is 3.30. The predicted molar refractivity (Wildman–Crippen MR) is 96.8 cm³/mol. The Morgan fingerprint density at radius 1 is 1.08 bits per heavy atom. The van der Waals surface area contributed by atoms with Crippen LogP contribution >= 0.6 is 15.9 Å². The monoisotopic (exact) mass is 385 g/mol. The second kappa shape index (κ2) is 7.01. The number of benzene rings is 2. The summed E-state index contributed by atoms with van der Waals surface area (Å²) in [6, 6.07) is 17.3. The molecule has 0 bridgehead atoms. The number of hydrogen-bond donors (Lipinski definition) is 0. The molecule has 1 aliphatic heterocycles. The molecule has 0 unspecified atom stereocenters. The molecule has 0 aromatic heterocycles. The molecule has 1 aliphatic rings. The number of carbonyl (C=O) groups excluding carboxylic acids is 2. The number of rotatable bonds is 4. The van der Waals surface area contributed by atoms with Gasteiger partial charge in [0.25, 0.3) is 5.91 Å². The van der Waals surface area contributed by atoms with E-state index in [1.807, 2.05) is 54.6 Å². The van der Waals surface area contributed by atoms with Crippen LogP contribution in [0.15, 0.2) is 60.2 Å². The van der Waals surface area contributed by atoms with E-state index in [1.165, 1.54) is 7.11 Å². The van der Waals surface area contributed by atoms with Gasteiger partial charge in [-0.1, -0.05) is 64.5 Å². The highest BCUT2D eigenvalue weighted by Gasteiger charge is 2.35. The molecule has 0 atom stereocenters. The van der Waals surface area contributed by atoms with Crippen LogP contribution in [0.5, 0.6) is 0 Å². The fraction of sp³-hybridized carbons (Fsp3) is 0.158.